The Hall–Kier alpha value is -4.31. The molecule has 0 spiro atoms. The lowest BCUT2D eigenvalue weighted by Crippen LogP contribution is -2.66. The summed E-state index contributed by atoms with van der Waals surface area (Å²) in [5.41, 5.74) is -1.35. The number of carbonyl (C=O) groups excluding carboxylic acids is 4. The largest absolute Gasteiger partial charge is 0.507 e. The Morgan fingerprint density at radius 3 is 2.30 bits per heavy atom. The second-order valence-corrected chi connectivity index (χ2v) is 10.3. The molecule has 2 unspecified atom stereocenters. The lowest BCUT2D eigenvalue weighted by Gasteiger charge is -2.37. The number of aromatic nitrogens is 1. The van der Waals surface area contributed by atoms with Gasteiger partial charge in [-0.15, -0.1) is 0 Å². The number of ether oxygens (including phenoxy) is 1. The van der Waals surface area contributed by atoms with Crippen LogP contribution >= 0.6 is 0 Å². The van der Waals surface area contributed by atoms with Gasteiger partial charge in [-0.25, -0.2) is 4.39 Å². The van der Waals surface area contributed by atoms with Crippen LogP contribution in [0.25, 0.3) is 0 Å². The molecule has 2 saturated heterocycles. The van der Waals surface area contributed by atoms with Crippen LogP contribution in [0.2, 0.25) is 0 Å². The number of phenolic OH excluding ortho intramolecular Hbond substituents is 1. The molecule has 1 aromatic carbocycles. The van der Waals surface area contributed by atoms with E-state index < -0.39 is 107 Å². The van der Waals surface area contributed by atoms with Gasteiger partial charge in [-0.2, -0.15) is 18.2 Å². The third-order valence-electron chi connectivity index (χ3n) is 7.45. The fourth-order valence-electron chi connectivity index (χ4n) is 4.77. The van der Waals surface area contributed by atoms with Gasteiger partial charge >= 0.3 is 0 Å². The third-order valence-corrected chi connectivity index (χ3v) is 7.45. The van der Waals surface area contributed by atoms with E-state index in [1.54, 1.807) is 0 Å². The summed E-state index contributed by atoms with van der Waals surface area (Å²) in [4.78, 5) is 55.6. The molecule has 2 aromatic rings. The first kappa shape index (κ1) is 31.6. The third kappa shape index (κ3) is 6.69. The fourth-order valence-corrected chi connectivity index (χ4v) is 4.77. The van der Waals surface area contributed by atoms with Gasteiger partial charge < -0.3 is 36.2 Å². The smallest absolute Gasteiger partial charge is 0.255 e. The number of nitrogens with one attached hydrogen (secondary N) is 4. The van der Waals surface area contributed by atoms with Crippen molar-refractivity contribution in [1.82, 2.24) is 26.3 Å². The highest BCUT2D eigenvalue weighted by atomic mass is 19.2. The molecule has 0 bridgehead atoms. The van der Waals surface area contributed by atoms with Crippen molar-refractivity contribution in [3.05, 3.63) is 58.9 Å². The van der Waals surface area contributed by atoms with Gasteiger partial charge in [0.15, 0.2) is 5.82 Å². The average Bonchev–Trinajstić information content (AvgIpc) is 2.93. The van der Waals surface area contributed by atoms with Crippen LogP contribution in [0.1, 0.15) is 36.2 Å². The summed E-state index contributed by atoms with van der Waals surface area (Å²) in [6.45, 7) is 2.85. The fraction of sp³-hybridized carbons (Fsp3) is 0.444. The highest BCUT2D eigenvalue weighted by Crippen LogP contribution is 2.23. The van der Waals surface area contributed by atoms with E-state index in [4.69, 9.17) is 4.74 Å². The highest BCUT2D eigenvalue weighted by Gasteiger charge is 2.42. The van der Waals surface area contributed by atoms with Crippen LogP contribution in [0.15, 0.2) is 24.3 Å². The van der Waals surface area contributed by atoms with Gasteiger partial charge in [0.05, 0.1) is 35.8 Å². The number of hydrogen-bond donors (Lipinski definition) is 6. The zero-order chi connectivity index (χ0) is 31.6. The first-order valence-electron chi connectivity index (χ1n) is 13.3. The summed E-state index contributed by atoms with van der Waals surface area (Å²) < 4.78 is 61.8. The Kier molecular flexibility index (Phi) is 9.49. The second kappa shape index (κ2) is 12.9. The number of para-hydroxylation sites is 1. The van der Waals surface area contributed by atoms with E-state index in [1.807, 2.05) is 0 Å². The molecule has 2 aliphatic rings. The van der Waals surface area contributed by atoms with E-state index in [9.17, 15) is 47.0 Å². The van der Waals surface area contributed by atoms with Crippen molar-refractivity contribution in [3.8, 4) is 5.75 Å². The molecular weight excluding hydrogens is 582 g/mol. The zero-order valence-electron chi connectivity index (χ0n) is 22.9. The molecule has 232 valence electrons. The van der Waals surface area contributed by atoms with Gasteiger partial charge in [0.2, 0.25) is 29.5 Å². The summed E-state index contributed by atoms with van der Waals surface area (Å²) in [6.07, 6.45) is -3.27. The average molecular weight is 612 g/mol. The lowest BCUT2D eigenvalue weighted by molar-refractivity contribution is -0.144. The first-order valence-corrected chi connectivity index (χ1v) is 13.3. The van der Waals surface area contributed by atoms with E-state index in [1.165, 1.54) is 38.1 Å². The molecule has 4 rings (SSSR count). The molecule has 0 aliphatic carbocycles. The van der Waals surface area contributed by atoms with Crippen LogP contribution in [-0.4, -0.2) is 81.8 Å². The normalized spacial score (nSPS) is 28.3. The minimum atomic E-state index is -2.09. The van der Waals surface area contributed by atoms with Gasteiger partial charge in [0, 0.05) is 18.6 Å². The molecule has 12 nitrogen and oxygen atoms in total. The number of carbonyl (C=O) groups is 4. The highest BCUT2D eigenvalue weighted by molar-refractivity contribution is 6.00. The number of aromatic hydroxyl groups is 1. The SMILES string of the molecule is C[C@H]1NC(=O)C(C2CCO2)NC(=O)[C@H](C)[C@H](O)[C@H](Cc2c(F)nc(F)c(F)c2F)NC(=O)[C@H]1NC(=O)c1ccccc1O. The predicted octanol–water partition coefficient (Wildman–Crippen LogP) is -0.0415. The number of phenols is 1. The number of hydrogen-bond acceptors (Lipinski definition) is 8. The molecule has 7 atom stereocenters. The minimum absolute atomic E-state index is 0.227. The molecule has 1 aromatic heterocycles. The van der Waals surface area contributed by atoms with Gasteiger partial charge in [0.1, 0.15) is 17.8 Å². The summed E-state index contributed by atoms with van der Waals surface area (Å²) in [6, 6.07) is -0.469. The first-order chi connectivity index (χ1) is 20.3. The van der Waals surface area contributed by atoms with Crippen molar-refractivity contribution in [1.29, 1.82) is 0 Å². The van der Waals surface area contributed by atoms with Crippen LogP contribution in [0, 0.1) is 29.4 Å². The maximum atomic E-state index is 14.6. The van der Waals surface area contributed by atoms with Gasteiger partial charge in [-0.1, -0.05) is 19.1 Å². The van der Waals surface area contributed by atoms with Gasteiger partial charge in [0.25, 0.3) is 11.9 Å². The van der Waals surface area contributed by atoms with Crippen molar-refractivity contribution in [2.45, 2.75) is 63.1 Å². The molecule has 2 aliphatic heterocycles. The van der Waals surface area contributed by atoms with E-state index in [0.29, 0.717) is 13.0 Å². The maximum Gasteiger partial charge on any atom is 0.255 e. The summed E-state index contributed by atoms with van der Waals surface area (Å²) in [5, 5.41) is 30.9. The van der Waals surface area contributed by atoms with Crippen LogP contribution in [0.3, 0.4) is 0 Å². The van der Waals surface area contributed by atoms with Crippen molar-refractivity contribution >= 4 is 23.6 Å². The summed E-state index contributed by atoms with van der Waals surface area (Å²) in [7, 11) is 0. The van der Waals surface area contributed by atoms with Crippen molar-refractivity contribution < 1.29 is 51.7 Å². The Labute approximate surface area is 242 Å². The summed E-state index contributed by atoms with van der Waals surface area (Å²) in [5.74, 6) is -13.4. The molecular formula is C27H29F4N5O7. The van der Waals surface area contributed by atoms with E-state index >= 15 is 0 Å². The molecule has 2 fully saturated rings. The molecule has 3 heterocycles. The number of pyridine rings is 1. The van der Waals surface area contributed by atoms with Crippen molar-refractivity contribution in [2.24, 2.45) is 5.92 Å². The van der Waals surface area contributed by atoms with Crippen molar-refractivity contribution in [2.75, 3.05) is 6.61 Å². The number of rotatable bonds is 5. The molecule has 0 radical (unpaired) electrons. The Morgan fingerprint density at radius 2 is 1.67 bits per heavy atom. The van der Waals surface area contributed by atoms with Crippen LogP contribution < -0.4 is 21.3 Å². The summed E-state index contributed by atoms with van der Waals surface area (Å²) >= 11 is 0. The number of aliphatic hydroxyl groups excluding tert-OH is 1. The maximum absolute atomic E-state index is 14.6. The number of amides is 4. The molecule has 6 N–H and O–H groups in total. The van der Waals surface area contributed by atoms with Crippen molar-refractivity contribution in [3.63, 3.8) is 0 Å². The van der Waals surface area contributed by atoms with Crippen LogP contribution in [0.5, 0.6) is 5.75 Å². The van der Waals surface area contributed by atoms with Crippen LogP contribution in [0.4, 0.5) is 17.6 Å². The monoisotopic (exact) mass is 611 g/mol. The van der Waals surface area contributed by atoms with Crippen LogP contribution in [-0.2, 0) is 25.5 Å². The molecule has 0 saturated carbocycles. The van der Waals surface area contributed by atoms with Gasteiger partial charge in [-0.05, 0) is 25.5 Å². The number of nitrogens with zero attached hydrogens (tertiary/aromatic N) is 1. The quantitative estimate of drug-likeness (QED) is 0.201. The predicted molar refractivity (Wildman–Crippen MR) is 138 cm³/mol. The van der Waals surface area contributed by atoms with E-state index in [-0.39, 0.29) is 5.56 Å². The van der Waals surface area contributed by atoms with E-state index in [2.05, 4.69) is 26.3 Å². The standard InChI is InChI=1S/C27H29F4N5O7/c1-10-21(38)14(9-13-17(28)18(29)23(31)36-22(13)30)33-26(41)19(34-25(40)12-5-3-4-6-15(12)37)11(2)32-27(42)20(35-24(10)39)16-7-8-43-16/h3-6,10-11,14,16,19-21,37-38H,7-9H2,1-2H3,(H,32,42)(H,33,41)(H,34,40)(H,35,39)/t10-,11-,14+,16?,19+,20?,21+/m1/s1. The van der Waals surface area contributed by atoms with Gasteiger partial charge in [-0.3, -0.25) is 19.2 Å². The van der Waals surface area contributed by atoms with E-state index in [0.717, 1.165) is 0 Å². The Balaban J connectivity index is 1.73. The molecule has 16 heteroatoms. The number of benzene rings is 1. The minimum Gasteiger partial charge on any atom is -0.507 e. The molecule has 43 heavy (non-hydrogen) atoms. The zero-order valence-corrected chi connectivity index (χ0v) is 22.9. The number of aliphatic hydroxyl groups is 1. The Bertz CT molecular complexity index is 1430. The lowest BCUT2D eigenvalue weighted by atomic mass is 9.90. The Morgan fingerprint density at radius 1 is 1.00 bits per heavy atom. The topological polar surface area (TPSA) is 179 Å². The number of halogens is 4. The second-order valence-electron chi connectivity index (χ2n) is 10.3. The molecule has 4 amide bonds.